The molecule has 0 aliphatic carbocycles. The highest BCUT2D eigenvalue weighted by atomic mass is 19.4. The lowest BCUT2D eigenvalue weighted by atomic mass is 10.0. The molecule has 0 fully saturated rings. The minimum atomic E-state index is -5.70. The Balaban J connectivity index is 1.64. The fraction of sp³-hybridized carbons (Fsp3) is 0.217. The topological polar surface area (TPSA) is 21.3 Å². The van der Waals surface area contributed by atoms with Gasteiger partial charge in [0.25, 0.3) is 0 Å². The minimum absolute atomic E-state index is 0.0428. The molecule has 0 aromatic heterocycles. The van der Waals surface area contributed by atoms with E-state index in [4.69, 9.17) is 4.74 Å². The largest absolute Gasteiger partial charge is 0.489 e. The van der Waals surface area contributed by atoms with Crippen molar-refractivity contribution >= 4 is 5.69 Å². The summed E-state index contributed by atoms with van der Waals surface area (Å²) in [4.78, 5) is 0. The summed E-state index contributed by atoms with van der Waals surface area (Å²) in [5.41, 5.74) is -0.966. The molecule has 0 heterocycles. The van der Waals surface area contributed by atoms with E-state index in [0.717, 1.165) is 24.3 Å². The molecule has 0 spiro atoms. The maximum absolute atomic E-state index is 13.5. The van der Waals surface area contributed by atoms with Gasteiger partial charge in [-0.1, -0.05) is 36.4 Å². The van der Waals surface area contributed by atoms with Crippen LogP contribution in [0.3, 0.4) is 0 Å². The molecule has 0 aliphatic heterocycles. The third kappa shape index (κ3) is 6.15. The molecule has 0 radical (unpaired) electrons. The normalized spacial score (nSPS) is 12.5. The van der Waals surface area contributed by atoms with Crippen LogP contribution in [0.1, 0.15) is 22.3 Å². The van der Waals surface area contributed by atoms with Crippen molar-refractivity contribution in [2.75, 3.05) is 5.32 Å². The van der Waals surface area contributed by atoms with Crippen molar-refractivity contribution in [3.05, 3.63) is 95.1 Å². The Morgan fingerprint density at radius 2 is 1.27 bits per heavy atom. The van der Waals surface area contributed by atoms with Gasteiger partial charge >= 0.3 is 18.3 Å². The number of halogens is 8. The maximum atomic E-state index is 13.5. The second-order valence-electron chi connectivity index (χ2n) is 7.14. The molecular weight excluding hydrogens is 458 g/mol. The molecule has 0 unspecified atom stereocenters. The quantitative estimate of drug-likeness (QED) is 0.356. The summed E-state index contributed by atoms with van der Waals surface area (Å²) >= 11 is 0. The average molecular weight is 475 g/mol. The van der Waals surface area contributed by atoms with E-state index in [0.29, 0.717) is 23.1 Å². The lowest BCUT2D eigenvalue weighted by Crippen LogP contribution is -2.33. The Labute approximate surface area is 183 Å². The number of alkyl halides is 8. The van der Waals surface area contributed by atoms with E-state index < -0.39 is 29.4 Å². The molecule has 0 saturated carbocycles. The van der Waals surface area contributed by atoms with Crippen molar-refractivity contribution in [1.82, 2.24) is 0 Å². The molecule has 3 rings (SSSR count). The molecule has 0 amide bonds. The molecule has 3 aromatic carbocycles. The summed E-state index contributed by atoms with van der Waals surface area (Å²) in [6.07, 6.45) is -10.2. The summed E-state index contributed by atoms with van der Waals surface area (Å²) < 4.78 is 109. The number of rotatable bonds is 7. The monoisotopic (exact) mass is 475 g/mol. The second kappa shape index (κ2) is 9.29. The Kier molecular flexibility index (Phi) is 6.85. The van der Waals surface area contributed by atoms with Gasteiger partial charge < -0.3 is 10.1 Å². The summed E-state index contributed by atoms with van der Waals surface area (Å²) in [5, 5.41) is 2.89. The van der Waals surface area contributed by atoms with Crippen molar-refractivity contribution in [3.63, 3.8) is 0 Å². The van der Waals surface area contributed by atoms with E-state index >= 15 is 0 Å². The molecule has 0 saturated heterocycles. The molecule has 176 valence electrons. The van der Waals surface area contributed by atoms with Crippen molar-refractivity contribution in [2.45, 2.75) is 31.4 Å². The van der Waals surface area contributed by atoms with E-state index in [1.54, 1.807) is 18.2 Å². The Bertz CT molecular complexity index is 1090. The highest BCUT2D eigenvalue weighted by Crippen LogP contribution is 2.44. The third-order valence-corrected chi connectivity index (χ3v) is 4.64. The van der Waals surface area contributed by atoms with Crippen LogP contribution in [0.4, 0.5) is 40.8 Å². The van der Waals surface area contributed by atoms with E-state index in [1.807, 2.05) is 0 Å². The molecule has 33 heavy (non-hydrogen) atoms. The highest BCUT2D eigenvalue weighted by molar-refractivity contribution is 5.48. The van der Waals surface area contributed by atoms with Crippen LogP contribution >= 0.6 is 0 Å². The Morgan fingerprint density at radius 1 is 0.667 bits per heavy atom. The molecular formula is C23H17F8NO. The number of hydrogen-bond acceptors (Lipinski definition) is 2. The van der Waals surface area contributed by atoms with Gasteiger partial charge in [0.05, 0.1) is 5.56 Å². The predicted molar refractivity (Wildman–Crippen MR) is 106 cm³/mol. The van der Waals surface area contributed by atoms with Crippen molar-refractivity contribution in [3.8, 4) is 5.75 Å². The zero-order chi connectivity index (χ0) is 24.3. The molecule has 0 aliphatic rings. The van der Waals surface area contributed by atoms with E-state index in [-0.39, 0.29) is 18.7 Å². The molecule has 1 N–H and O–H groups in total. The maximum Gasteiger partial charge on any atom is 0.458 e. The van der Waals surface area contributed by atoms with Crippen LogP contribution in [0, 0.1) is 0 Å². The van der Waals surface area contributed by atoms with Gasteiger partial charge in [0.15, 0.2) is 0 Å². The van der Waals surface area contributed by atoms with Crippen molar-refractivity contribution < 1.29 is 39.9 Å². The standard InChI is InChI=1S/C23H17F8NO/c24-21(25,23(29,30)31)17-6-1-4-15(10-17)13-32-19-8-3-9-20(12-19)33-14-16-5-2-7-18(11-16)22(26,27)28/h1-12,32H,13-14H2. The highest BCUT2D eigenvalue weighted by Gasteiger charge is 2.58. The first-order valence-corrected chi connectivity index (χ1v) is 9.53. The molecule has 3 aromatic rings. The Hall–Kier alpha value is -3.30. The smallest absolute Gasteiger partial charge is 0.458 e. The third-order valence-electron chi connectivity index (χ3n) is 4.64. The fourth-order valence-corrected chi connectivity index (χ4v) is 2.94. The van der Waals surface area contributed by atoms with Crippen LogP contribution in [-0.4, -0.2) is 6.18 Å². The average Bonchev–Trinajstić information content (AvgIpc) is 2.76. The first-order chi connectivity index (χ1) is 15.4. The Morgan fingerprint density at radius 3 is 1.94 bits per heavy atom. The van der Waals surface area contributed by atoms with Crippen LogP contribution in [0.25, 0.3) is 0 Å². The number of anilines is 1. The zero-order valence-electron chi connectivity index (χ0n) is 16.8. The van der Waals surface area contributed by atoms with Crippen LogP contribution in [0.15, 0.2) is 72.8 Å². The van der Waals surface area contributed by atoms with E-state index in [1.165, 1.54) is 24.3 Å². The van der Waals surface area contributed by atoms with Gasteiger partial charge in [0, 0.05) is 23.9 Å². The summed E-state index contributed by atoms with van der Waals surface area (Å²) in [7, 11) is 0. The summed E-state index contributed by atoms with van der Waals surface area (Å²) in [6.45, 7) is -0.166. The lowest BCUT2D eigenvalue weighted by molar-refractivity contribution is -0.289. The van der Waals surface area contributed by atoms with E-state index in [9.17, 15) is 35.1 Å². The minimum Gasteiger partial charge on any atom is -0.489 e. The van der Waals surface area contributed by atoms with Gasteiger partial charge in [-0.2, -0.15) is 35.1 Å². The van der Waals surface area contributed by atoms with Gasteiger partial charge in [-0.25, -0.2) is 0 Å². The van der Waals surface area contributed by atoms with Gasteiger partial charge in [0.2, 0.25) is 0 Å². The molecule has 10 heteroatoms. The summed E-state index contributed by atoms with van der Waals surface area (Å²) in [5.74, 6) is -4.64. The van der Waals surface area contributed by atoms with Crippen LogP contribution < -0.4 is 10.1 Å². The zero-order valence-corrected chi connectivity index (χ0v) is 16.8. The first-order valence-electron chi connectivity index (χ1n) is 9.53. The van der Waals surface area contributed by atoms with Gasteiger partial charge in [-0.05, 0) is 41.5 Å². The van der Waals surface area contributed by atoms with Gasteiger partial charge in [0.1, 0.15) is 12.4 Å². The van der Waals surface area contributed by atoms with Gasteiger partial charge in [-0.15, -0.1) is 0 Å². The van der Waals surface area contributed by atoms with Crippen LogP contribution in [0.5, 0.6) is 5.75 Å². The van der Waals surface area contributed by atoms with Crippen LogP contribution in [0.2, 0.25) is 0 Å². The predicted octanol–water partition coefficient (Wildman–Crippen LogP) is 7.55. The molecule has 0 bridgehead atoms. The number of benzene rings is 3. The van der Waals surface area contributed by atoms with Crippen molar-refractivity contribution in [2.24, 2.45) is 0 Å². The van der Waals surface area contributed by atoms with Gasteiger partial charge in [-0.3, -0.25) is 0 Å². The number of nitrogens with one attached hydrogen (secondary N) is 1. The lowest BCUT2D eigenvalue weighted by Gasteiger charge is -2.20. The molecule has 2 nitrogen and oxygen atoms in total. The van der Waals surface area contributed by atoms with E-state index in [2.05, 4.69) is 5.32 Å². The number of ether oxygens (including phenoxy) is 1. The SMILES string of the molecule is FC(F)(F)c1cccc(COc2cccc(NCc3cccc(C(F)(F)C(F)(F)F)c3)c2)c1. The fourth-order valence-electron chi connectivity index (χ4n) is 2.94. The molecule has 0 atom stereocenters. The number of hydrogen-bond donors (Lipinski definition) is 1. The van der Waals surface area contributed by atoms with Crippen LogP contribution in [-0.2, 0) is 25.3 Å². The second-order valence-corrected chi connectivity index (χ2v) is 7.14. The first kappa shape index (κ1) is 24.3. The van der Waals surface area contributed by atoms with Crippen molar-refractivity contribution in [1.29, 1.82) is 0 Å². The summed E-state index contributed by atoms with van der Waals surface area (Å²) in [6, 6.07) is 15.0.